The number of nitrogens with zero attached hydrogens (tertiary/aromatic N) is 1. The number of rotatable bonds is 4. The molecule has 1 aliphatic rings. The summed E-state index contributed by atoms with van der Waals surface area (Å²) in [4.78, 5) is 16.5. The molecule has 3 rings (SSSR count). The summed E-state index contributed by atoms with van der Waals surface area (Å²) < 4.78 is 42.7. The van der Waals surface area contributed by atoms with Gasteiger partial charge in [-0.2, -0.15) is 0 Å². The molecular formula is C18H15ClF3NO2. The van der Waals surface area contributed by atoms with E-state index in [-0.39, 0.29) is 47.5 Å². The molecule has 0 unspecified atom stereocenters. The Hall–Kier alpha value is -1.92. The van der Waals surface area contributed by atoms with Crippen LogP contribution in [0.15, 0.2) is 30.5 Å². The number of carbonyl (C=O) groups excluding carboxylic acids is 1. The SMILES string of the molecule is O=C(CCc1ccc(Cl)c(F)c1F)[C@]1(F)CC[C@H](O)c2ncccc21. The lowest BCUT2D eigenvalue weighted by atomic mass is 9.77. The number of carbonyl (C=O) groups is 1. The summed E-state index contributed by atoms with van der Waals surface area (Å²) in [6.45, 7) is 0. The number of aliphatic hydroxyl groups is 1. The van der Waals surface area contributed by atoms with Crippen LogP contribution in [0.4, 0.5) is 13.2 Å². The molecule has 0 aliphatic heterocycles. The third-order valence-corrected chi connectivity index (χ3v) is 4.81. The van der Waals surface area contributed by atoms with Crippen LogP contribution < -0.4 is 0 Å². The van der Waals surface area contributed by atoms with E-state index in [2.05, 4.69) is 4.98 Å². The topological polar surface area (TPSA) is 50.2 Å². The van der Waals surface area contributed by atoms with E-state index in [1.54, 1.807) is 0 Å². The van der Waals surface area contributed by atoms with Crippen molar-refractivity contribution in [1.29, 1.82) is 0 Å². The molecule has 0 saturated heterocycles. The van der Waals surface area contributed by atoms with Gasteiger partial charge in [-0.15, -0.1) is 0 Å². The van der Waals surface area contributed by atoms with Crippen LogP contribution in [0.2, 0.25) is 5.02 Å². The quantitative estimate of drug-likeness (QED) is 0.821. The van der Waals surface area contributed by atoms with Crippen LogP contribution in [-0.4, -0.2) is 15.9 Å². The lowest BCUT2D eigenvalue weighted by Gasteiger charge is -2.32. The number of ketones is 1. The highest BCUT2D eigenvalue weighted by Crippen LogP contribution is 2.43. The third-order valence-electron chi connectivity index (χ3n) is 4.52. The van der Waals surface area contributed by atoms with Gasteiger partial charge in [0.1, 0.15) is 0 Å². The van der Waals surface area contributed by atoms with Crippen molar-refractivity contribution in [3.05, 3.63) is 63.9 Å². The third kappa shape index (κ3) is 3.16. The number of hydrogen-bond acceptors (Lipinski definition) is 3. The molecule has 132 valence electrons. The Morgan fingerprint density at radius 1 is 1.32 bits per heavy atom. The van der Waals surface area contributed by atoms with E-state index in [1.165, 1.54) is 30.5 Å². The maximum absolute atomic E-state index is 15.4. The summed E-state index contributed by atoms with van der Waals surface area (Å²) in [5, 5.41) is 9.58. The number of fused-ring (bicyclic) bond motifs is 1. The van der Waals surface area contributed by atoms with Crippen molar-refractivity contribution >= 4 is 17.4 Å². The number of Topliss-reactive ketones (excluding diaryl/α,β-unsaturated/α-hetero) is 1. The van der Waals surface area contributed by atoms with Gasteiger partial charge in [0.25, 0.3) is 0 Å². The average Bonchev–Trinajstić information content (AvgIpc) is 2.62. The Morgan fingerprint density at radius 3 is 2.84 bits per heavy atom. The van der Waals surface area contributed by atoms with Crippen molar-refractivity contribution < 1.29 is 23.1 Å². The molecule has 2 atom stereocenters. The minimum atomic E-state index is -2.29. The predicted octanol–water partition coefficient (Wildman–Crippen LogP) is 4.21. The Labute approximate surface area is 147 Å². The summed E-state index contributed by atoms with van der Waals surface area (Å²) >= 11 is 5.49. The normalized spacial score (nSPS) is 22.5. The fraction of sp³-hybridized carbons (Fsp3) is 0.333. The van der Waals surface area contributed by atoms with Crippen molar-refractivity contribution in [1.82, 2.24) is 4.98 Å². The molecule has 1 aromatic heterocycles. The molecule has 0 saturated carbocycles. The first-order valence-corrected chi connectivity index (χ1v) is 8.20. The summed E-state index contributed by atoms with van der Waals surface area (Å²) in [5.74, 6) is -3.06. The highest BCUT2D eigenvalue weighted by Gasteiger charge is 2.45. The van der Waals surface area contributed by atoms with Crippen LogP contribution in [0.3, 0.4) is 0 Å². The Balaban J connectivity index is 1.82. The van der Waals surface area contributed by atoms with Crippen LogP contribution in [0, 0.1) is 11.6 Å². The summed E-state index contributed by atoms with van der Waals surface area (Å²) in [6.07, 6.45) is -0.0685. The van der Waals surface area contributed by atoms with Crippen molar-refractivity contribution in [3.63, 3.8) is 0 Å². The fourth-order valence-corrected chi connectivity index (χ4v) is 3.27. The van der Waals surface area contributed by atoms with E-state index in [9.17, 15) is 18.7 Å². The van der Waals surface area contributed by atoms with Crippen LogP contribution in [0.25, 0.3) is 0 Å². The van der Waals surface area contributed by atoms with E-state index < -0.39 is 29.2 Å². The second-order valence-corrected chi connectivity index (χ2v) is 6.46. The molecule has 0 spiro atoms. The minimum Gasteiger partial charge on any atom is -0.387 e. The van der Waals surface area contributed by atoms with Gasteiger partial charge in [0.15, 0.2) is 23.1 Å². The maximum Gasteiger partial charge on any atom is 0.195 e. The number of hydrogen-bond donors (Lipinski definition) is 1. The highest BCUT2D eigenvalue weighted by atomic mass is 35.5. The lowest BCUT2D eigenvalue weighted by molar-refractivity contribution is -0.133. The van der Waals surface area contributed by atoms with Gasteiger partial charge in [-0.25, -0.2) is 13.2 Å². The van der Waals surface area contributed by atoms with Gasteiger partial charge in [0, 0.05) is 18.2 Å². The van der Waals surface area contributed by atoms with Gasteiger partial charge in [-0.05, 0) is 37.0 Å². The Morgan fingerprint density at radius 2 is 2.08 bits per heavy atom. The number of aliphatic hydroxyl groups excluding tert-OH is 1. The van der Waals surface area contributed by atoms with Crippen molar-refractivity contribution in [2.45, 2.75) is 37.5 Å². The smallest absolute Gasteiger partial charge is 0.195 e. The summed E-state index contributed by atoms with van der Waals surface area (Å²) in [6, 6.07) is 5.39. The molecule has 2 aromatic rings. The zero-order valence-corrected chi connectivity index (χ0v) is 13.9. The predicted molar refractivity (Wildman–Crippen MR) is 85.9 cm³/mol. The van der Waals surface area contributed by atoms with E-state index >= 15 is 4.39 Å². The van der Waals surface area contributed by atoms with Crippen LogP contribution in [-0.2, 0) is 16.9 Å². The van der Waals surface area contributed by atoms with Gasteiger partial charge in [-0.1, -0.05) is 23.7 Å². The van der Waals surface area contributed by atoms with Crippen molar-refractivity contribution in [2.24, 2.45) is 0 Å². The molecule has 25 heavy (non-hydrogen) atoms. The molecule has 7 heteroatoms. The van der Waals surface area contributed by atoms with E-state index in [4.69, 9.17) is 11.6 Å². The Bertz CT molecular complexity index is 830. The number of benzene rings is 1. The first-order chi connectivity index (χ1) is 11.8. The zero-order chi connectivity index (χ0) is 18.2. The highest BCUT2D eigenvalue weighted by molar-refractivity contribution is 6.30. The monoisotopic (exact) mass is 369 g/mol. The summed E-state index contributed by atoms with van der Waals surface area (Å²) in [5.41, 5.74) is -2.14. The standard InChI is InChI=1S/C18H15ClF3NO2/c19-12-5-3-10(15(20)16(12)21)4-6-14(25)18(22)8-7-13(24)17-11(18)2-1-9-23-17/h1-3,5,9,13,24H,4,6-8H2/t13-,18-/m0/s1. The second kappa shape index (κ2) is 6.77. The molecule has 0 bridgehead atoms. The maximum atomic E-state index is 15.4. The van der Waals surface area contributed by atoms with Gasteiger partial charge in [0.05, 0.1) is 16.8 Å². The fourth-order valence-electron chi connectivity index (χ4n) is 3.12. The lowest BCUT2D eigenvalue weighted by Crippen LogP contribution is -2.37. The number of pyridine rings is 1. The molecule has 0 radical (unpaired) electrons. The Kier molecular flexibility index (Phi) is 4.84. The molecule has 1 heterocycles. The average molecular weight is 370 g/mol. The summed E-state index contributed by atoms with van der Waals surface area (Å²) in [7, 11) is 0. The van der Waals surface area contributed by atoms with Gasteiger partial charge in [0.2, 0.25) is 0 Å². The molecular weight excluding hydrogens is 355 g/mol. The molecule has 1 N–H and O–H groups in total. The first kappa shape index (κ1) is 17.9. The van der Waals surface area contributed by atoms with Crippen LogP contribution >= 0.6 is 11.6 Å². The number of alkyl halides is 1. The van der Waals surface area contributed by atoms with Crippen LogP contribution in [0.1, 0.15) is 42.2 Å². The molecule has 1 aromatic carbocycles. The largest absolute Gasteiger partial charge is 0.387 e. The van der Waals surface area contributed by atoms with Gasteiger partial charge >= 0.3 is 0 Å². The minimum absolute atomic E-state index is 0.0406. The second-order valence-electron chi connectivity index (χ2n) is 6.05. The van der Waals surface area contributed by atoms with Gasteiger partial charge < -0.3 is 5.11 Å². The van der Waals surface area contributed by atoms with Gasteiger partial charge in [-0.3, -0.25) is 9.78 Å². The molecule has 0 amide bonds. The molecule has 0 fully saturated rings. The number of aryl methyl sites for hydroxylation is 1. The van der Waals surface area contributed by atoms with E-state index in [0.717, 1.165) is 0 Å². The number of halogens is 4. The molecule has 1 aliphatic carbocycles. The first-order valence-electron chi connectivity index (χ1n) is 7.82. The van der Waals surface area contributed by atoms with Crippen molar-refractivity contribution in [3.8, 4) is 0 Å². The number of aromatic nitrogens is 1. The van der Waals surface area contributed by atoms with E-state index in [1.807, 2.05) is 0 Å². The van der Waals surface area contributed by atoms with Crippen molar-refractivity contribution in [2.75, 3.05) is 0 Å². The molecule has 3 nitrogen and oxygen atoms in total. The van der Waals surface area contributed by atoms with Crippen LogP contribution in [0.5, 0.6) is 0 Å². The van der Waals surface area contributed by atoms with E-state index in [0.29, 0.717) is 0 Å². The zero-order valence-electron chi connectivity index (χ0n) is 13.1.